The second-order valence-corrected chi connectivity index (χ2v) is 5.04. The van der Waals surface area contributed by atoms with Crippen LogP contribution in [0, 0.1) is 0 Å². The van der Waals surface area contributed by atoms with E-state index in [-0.39, 0.29) is 23.9 Å². The quantitative estimate of drug-likeness (QED) is 0.557. The Morgan fingerprint density at radius 3 is 3.00 bits per heavy atom. The first kappa shape index (κ1) is 13.8. The molecule has 1 amide bonds. The van der Waals surface area contributed by atoms with E-state index in [2.05, 4.69) is 20.4 Å². The number of nitrogens with two attached hydrogens (primary N) is 1. The van der Waals surface area contributed by atoms with Crippen molar-refractivity contribution in [3.05, 3.63) is 0 Å². The topological polar surface area (TPSA) is 109 Å². The molecule has 9 heteroatoms. The third kappa shape index (κ3) is 2.68. The standard InChI is InChI=1S/C12H19N7O2/c1-2-21-12-15-10(17-13)14-11(16-12)18-5-6-19-8(7-18)3-4-9(19)20/h8H,2-7,13H2,1H3,(H,14,15,16,17). The number of hydrogen-bond donors (Lipinski definition) is 2. The number of anilines is 2. The van der Waals surface area contributed by atoms with Gasteiger partial charge in [0, 0.05) is 32.1 Å². The molecule has 0 aromatic carbocycles. The van der Waals surface area contributed by atoms with Gasteiger partial charge >= 0.3 is 6.01 Å². The van der Waals surface area contributed by atoms with E-state index in [0.29, 0.717) is 32.1 Å². The van der Waals surface area contributed by atoms with E-state index in [0.717, 1.165) is 13.0 Å². The third-order valence-electron chi connectivity index (χ3n) is 3.78. The van der Waals surface area contributed by atoms with Crippen molar-refractivity contribution < 1.29 is 9.53 Å². The van der Waals surface area contributed by atoms with Gasteiger partial charge in [-0.05, 0) is 13.3 Å². The lowest BCUT2D eigenvalue weighted by atomic mass is 10.2. The Balaban J connectivity index is 1.80. The van der Waals surface area contributed by atoms with Crippen LogP contribution in [0.15, 0.2) is 0 Å². The maximum Gasteiger partial charge on any atom is 0.323 e. The molecule has 3 N–H and O–H groups in total. The van der Waals surface area contributed by atoms with Gasteiger partial charge in [-0.2, -0.15) is 15.0 Å². The number of carbonyl (C=O) groups is 1. The molecule has 114 valence electrons. The van der Waals surface area contributed by atoms with Crippen LogP contribution in [0.1, 0.15) is 19.8 Å². The molecule has 0 saturated carbocycles. The average molecular weight is 293 g/mol. The van der Waals surface area contributed by atoms with Crippen LogP contribution in [0.3, 0.4) is 0 Å². The number of fused-ring (bicyclic) bond motifs is 1. The van der Waals surface area contributed by atoms with Crippen molar-refractivity contribution in [2.45, 2.75) is 25.8 Å². The number of piperazine rings is 1. The summed E-state index contributed by atoms with van der Waals surface area (Å²) in [6.07, 6.45) is 1.52. The second-order valence-electron chi connectivity index (χ2n) is 5.04. The molecule has 1 aromatic rings. The summed E-state index contributed by atoms with van der Waals surface area (Å²) in [6.45, 7) is 4.46. The smallest absolute Gasteiger partial charge is 0.323 e. The number of nitrogens with one attached hydrogen (secondary N) is 1. The average Bonchev–Trinajstić information content (AvgIpc) is 2.88. The highest BCUT2D eigenvalue weighted by Crippen LogP contribution is 2.25. The van der Waals surface area contributed by atoms with Gasteiger partial charge in [0.15, 0.2) is 0 Å². The minimum atomic E-state index is 0.243. The molecule has 1 aromatic heterocycles. The molecule has 3 heterocycles. The number of hydrogen-bond acceptors (Lipinski definition) is 8. The van der Waals surface area contributed by atoms with Crippen LogP contribution in [0.5, 0.6) is 6.01 Å². The summed E-state index contributed by atoms with van der Waals surface area (Å²) in [5.41, 5.74) is 2.43. The zero-order chi connectivity index (χ0) is 14.8. The number of amides is 1. The minimum Gasteiger partial charge on any atom is -0.464 e. The molecule has 21 heavy (non-hydrogen) atoms. The lowest BCUT2D eigenvalue weighted by molar-refractivity contribution is -0.129. The highest BCUT2D eigenvalue weighted by molar-refractivity contribution is 5.79. The predicted molar refractivity (Wildman–Crippen MR) is 75.8 cm³/mol. The molecule has 0 radical (unpaired) electrons. The number of aromatic nitrogens is 3. The van der Waals surface area contributed by atoms with Crippen molar-refractivity contribution in [1.29, 1.82) is 0 Å². The van der Waals surface area contributed by atoms with E-state index in [1.54, 1.807) is 0 Å². The fourth-order valence-electron chi connectivity index (χ4n) is 2.79. The van der Waals surface area contributed by atoms with Crippen molar-refractivity contribution in [1.82, 2.24) is 19.9 Å². The van der Waals surface area contributed by atoms with Crippen LogP contribution < -0.4 is 20.9 Å². The van der Waals surface area contributed by atoms with Crippen molar-refractivity contribution in [2.75, 3.05) is 36.6 Å². The lowest BCUT2D eigenvalue weighted by Crippen LogP contribution is -2.52. The molecule has 0 spiro atoms. The number of carbonyl (C=O) groups excluding carboxylic acids is 1. The molecular weight excluding hydrogens is 274 g/mol. The maximum absolute atomic E-state index is 11.7. The zero-order valence-electron chi connectivity index (χ0n) is 11.9. The van der Waals surface area contributed by atoms with Crippen molar-refractivity contribution >= 4 is 17.8 Å². The van der Waals surface area contributed by atoms with Gasteiger partial charge in [0.25, 0.3) is 0 Å². The van der Waals surface area contributed by atoms with Crippen LogP contribution in [-0.2, 0) is 4.79 Å². The van der Waals surface area contributed by atoms with Gasteiger partial charge in [0.05, 0.1) is 6.61 Å². The maximum atomic E-state index is 11.7. The van der Waals surface area contributed by atoms with Crippen LogP contribution >= 0.6 is 0 Å². The largest absolute Gasteiger partial charge is 0.464 e. The van der Waals surface area contributed by atoms with Gasteiger partial charge in [-0.25, -0.2) is 5.84 Å². The summed E-state index contributed by atoms with van der Waals surface area (Å²) in [7, 11) is 0. The molecule has 1 atom stereocenters. The van der Waals surface area contributed by atoms with Crippen LogP contribution in [0.4, 0.5) is 11.9 Å². The Labute approximate surface area is 122 Å². The van der Waals surface area contributed by atoms with E-state index in [1.807, 2.05) is 16.7 Å². The van der Waals surface area contributed by atoms with Gasteiger partial charge < -0.3 is 14.5 Å². The molecule has 0 aliphatic carbocycles. The predicted octanol–water partition coefficient (Wildman–Crippen LogP) is -0.633. The first-order valence-electron chi connectivity index (χ1n) is 7.11. The first-order chi connectivity index (χ1) is 10.2. The second kappa shape index (κ2) is 5.68. The van der Waals surface area contributed by atoms with E-state index >= 15 is 0 Å². The Bertz CT molecular complexity index is 538. The summed E-state index contributed by atoms with van der Waals surface area (Å²) in [6, 6.07) is 0.494. The first-order valence-corrected chi connectivity index (χ1v) is 7.11. The number of nitrogens with zero attached hydrogens (tertiary/aromatic N) is 5. The summed E-state index contributed by atoms with van der Waals surface area (Å²) >= 11 is 0. The summed E-state index contributed by atoms with van der Waals surface area (Å²) in [4.78, 5) is 28.3. The lowest BCUT2D eigenvalue weighted by Gasteiger charge is -2.37. The van der Waals surface area contributed by atoms with E-state index in [4.69, 9.17) is 10.6 Å². The summed E-state index contributed by atoms with van der Waals surface area (Å²) in [5, 5.41) is 0. The van der Waals surface area contributed by atoms with E-state index < -0.39 is 0 Å². The normalized spacial score (nSPS) is 21.4. The fraction of sp³-hybridized carbons (Fsp3) is 0.667. The molecule has 3 rings (SSSR count). The minimum absolute atomic E-state index is 0.243. The van der Waals surface area contributed by atoms with Gasteiger partial charge in [-0.3, -0.25) is 10.2 Å². The number of nitrogen functional groups attached to an aromatic ring is 1. The highest BCUT2D eigenvalue weighted by Gasteiger charge is 2.36. The fourth-order valence-corrected chi connectivity index (χ4v) is 2.79. The van der Waals surface area contributed by atoms with Crippen LogP contribution in [0.2, 0.25) is 0 Å². The molecule has 2 aliphatic heterocycles. The van der Waals surface area contributed by atoms with Crippen LogP contribution in [-0.4, -0.2) is 58.0 Å². The van der Waals surface area contributed by atoms with E-state index in [1.165, 1.54) is 0 Å². The van der Waals surface area contributed by atoms with Gasteiger partial charge in [-0.1, -0.05) is 0 Å². The Morgan fingerprint density at radius 1 is 1.38 bits per heavy atom. The van der Waals surface area contributed by atoms with Crippen molar-refractivity contribution in [3.8, 4) is 6.01 Å². The molecule has 2 aliphatic rings. The zero-order valence-corrected chi connectivity index (χ0v) is 11.9. The Kier molecular flexibility index (Phi) is 3.74. The van der Waals surface area contributed by atoms with Gasteiger partial charge in [0.1, 0.15) is 0 Å². The van der Waals surface area contributed by atoms with Gasteiger partial charge in [-0.15, -0.1) is 0 Å². The SMILES string of the molecule is CCOc1nc(NN)nc(N2CCN3C(=O)CCC3C2)n1. The Morgan fingerprint density at radius 2 is 2.24 bits per heavy atom. The summed E-state index contributed by atoms with van der Waals surface area (Å²) < 4.78 is 5.33. The monoisotopic (exact) mass is 293 g/mol. The molecule has 9 nitrogen and oxygen atoms in total. The van der Waals surface area contributed by atoms with E-state index in [9.17, 15) is 4.79 Å². The Hall–Kier alpha value is -2.16. The summed E-state index contributed by atoms with van der Waals surface area (Å²) in [5.74, 6) is 6.43. The number of ether oxygens (including phenoxy) is 1. The van der Waals surface area contributed by atoms with Crippen molar-refractivity contribution in [2.24, 2.45) is 5.84 Å². The van der Waals surface area contributed by atoms with Gasteiger partial charge in [0.2, 0.25) is 17.8 Å². The molecule has 2 saturated heterocycles. The molecular formula is C12H19N7O2. The van der Waals surface area contributed by atoms with Crippen molar-refractivity contribution in [3.63, 3.8) is 0 Å². The molecule has 2 fully saturated rings. The third-order valence-corrected chi connectivity index (χ3v) is 3.78. The molecule has 0 bridgehead atoms. The number of hydrazine groups is 1. The van der Waals surface area contributed by atoms with Crippen LogP contribution in [0.25, 0.3) is 0 Å². The molecule has 1 unspecified atom stereocenters. The highest BCUT2D eigenvalue weighted by atomic mass is 16.5. The number of rotatable bonds is 4.